The molecular formula is C21H23N5O5S2. The zero-order valence-electron chi connectivity index (χ0n) is 17.6. The Bertz CT molecular complexity index is 1250. The number of sulfonamides is 1. The minimum Gasteiger partial charge on any atom is -0.481 e. The maximum atomic E-state index is 12.7. The maximum absolute atomic E-state index is 12.7. The third kappa shape index (κ3) is 5.83. The van der Waals surface area contributed by atoms with E-state index >= 15 is 0 Å². The lowest BCUT2D eigenvalue weighted by molar-refractivity contribution is -0.137. The Kier molecular flexibility index (Phi) is 6.86. The highest BCUT2D eigenvalue weighted by molar-refractivity contribution is 7.92. The van der Waals surface area contributed by atoms with Gasteiger partial charge in [-0.2, -0.15) is 8.42 Å². The number of rotatable bonds is 8. The van der Waals surface area contributed by atoms with Gasteiger partial charge >= 0.3 is 5.97 Å². The van der Waals surface area contributed by atoms with Crippen LogP contribution < -0.4 is 10.0 Å². The molecule has 0 spiro atoms. The van der Waals surface area contributed by atoms with E-state index in [4.69, 9.17) is 5.11 Å². The fourth-order valence-corrected chi connectivity index (χ4v) is 5.49. The smallest absolute Gasteiger partial charge is 0.304 e. The molecule has 3 heterocycles. The zero-order chi connectivity index (χ0) is 23.4. The SMILES string of the molecule is O=C(O)CCN1CCC(C(=O)Nc2nc3cc(NS(=O)(=O)c4ccccn4)ccc3s2)CC1. The van der Waals surface area contributed by atoms with Crippen LogP contribution >= 0.6 is 11.3 Å². The van der Waals surface area contributed by atoms with Crippen molar-refractivity contribution in [1.82, 2.24) is 14.9 Å². The second-order valence-corrected chi connectivity index (χ2v) is 10.4. The van der Waals surface area contributed by atoms with Gasteiger partial charge in [-0.15, -0.1) is 0 Å². The molecule has 174 valence electrons. The molecule has 1 aliphatic rings. The molecular weight excluding hydrogens is 466 g/mol. The first-order valence-electron chi connectivity index (χ1n) is 10.4. The topological polar surface area (TPSA) is 142 Å². The number of piperidine rings is 1. The summed E-state index contributed by atoms with van der Waals surface area (Å²) in [6.07, 6.45) is 2.83. The minimum atomic E-state index is -3.81. The molecule has 1 aliphatic heterocycles. The monoisotopic (exact) mass is 489 g/mol. The Labute approximate surface area is 194 Å². The largest absolute Gasteiger partial charge is 0.481 e. The first kappa shape index (κ1) is 23.1. The molecule has 1 fully saturated rings. The van der Waals surface area contributed by atoms with Crippen molar-refractivity contribution in [3.05, 3.63) is 42.6 Å². The van der Waals surface area contributed by atoms with Crippen molar-refractivity contribution in [3.8, 4) is 0 Å². The molecule has 1 saturated heterocycles. The summed E-state index contributed by atoms with van der Waals surface area (Å²) in [6, 6.07) is 9.65. The van der Waals surface area contributed by atoms with Gasteiger partial charge in [0.1, 0.15) is 0 Å². The number of carbonyl (C=O) groups is 2. The van der Waals surface area contributed by atoms with Gasteiger partial charge in [-0.3, -0.25) is 14.3 Å². The van der Waals surface area contributed by atoms with Crippen molar-refractivity contribution in [2.75, 3.05) is 29.7 Å². The number of carboxylic acids is 1. The molecule has 1 amide bonds. The van der Waals surface area contributed by atoms with Crippen molar-refractivity contribution >= 4 is 54.3 Å². The molecule has 4 rings (SSSR count). The highest BCUT2D eigenvalue weighted by Crippen LogP contribution is 2.30. The first-order valence-corrected chi connectivity index (χ1v) is 12.7. The van der Waals surface area contributed by atoms with E-state index in [9.17, 15) is 18.0 Å². The molecule has 12 heteroatoms. The van der Waals surface area contributed by atoms with Gasteiger partial charge in [0.25, 0.3) is 10.0 Å². The quantitative estimate of drug-likeness (QED) is 0.438. The number of pyridine rings is 1. The molecule has 1 aromatic carbocycles. The van der Waals surface area contributed by atoms with E-state index in [1.165, 1.54) is 23.6 Å². The molecule has 0 saturated carbocycles. The molecule has 0 bridgehead atoms. The number of aliphatic carboxylic acids is 1. The zero-order valence-corrected chi connectivity index (χ0v) is 19.2. The van der Waals surface area contributed by atoms with Crippen molar-refractivity contribution in [2.45, 2.75) is 24.3 Å². The van der Waals surface area contributed by atoms with Crippen molar-refractivity contribution in [3.63, 3.8) is 0 Å². The van der Waals surface area contributed by atoms with E-state index in [0.29, 0.717) is 48.8 Å². The summed E-state index contributed by atoms with van der Waals surface area (Å²) in [4.78, 5) is 33.8. The second-order valence-electron chi connectivity index (χ2n) is 7.72. The number of fused-ring (bicyclic) bond motifs is 1. The van der Waals surface area contributed by atoms with Crippen LogP contribution in [0.25, 0.3) is 10.2 Å². The molecule has 0 unspecified atom stereocenters. The molecule has 0 atom stereocenters. The van der Waals surface area contributed by atoms with Crippen molar-refractivity contribution in [1.29, 1.82) is 0 Å². The number of nitrogens with zero attached hydrogens (tertiary/aromatic N) is 3. The van der Waals surface area contributed by atoms with Crippen LogP contribution in [0.15, 0.2) is 47.6 Å². The molecule has 33 heavy (non-hydrogen) atoms. The molecule has 3 aromatic rings. The number of carboxylic acid groups (broad SMARTS) is 1. The number of hydrogen-bond acceptors (Lipinski definition) is 8. The van der Waals surface area contributed by atoms with Gasteiger partial charge in [-0.25, -0.2) is 9.97 Å². The number of hydrogen-bond donors (Lipinski definition) is 3. The van der Waals surface area contributed by atoms with Crippen LogP contribution in [0, 0.1) is 5.92 Å². The predicted octanol–water partition coefficient (Wildman–Crippen LogP) is 2.62. The summed E-state index contributed by atoms with van der Waals surface area (Å²) in [5, 5.41) is 12.0. The van der Waals surface area contributed by atoms with E-state index in [1.54, 1.807) is 30.3 Å². The van der Waals surface area contributed by atoms with Crippen LogP contribution in [-0.2, 0) is 19.6 Å². The fraction of sp³-hybridized carbons (Fsp3) is 0.333. The molecule has 10 nitrogen and oxygen atoms in total. The van der Waals surface area contributed by atoms with Crippen LogP contribution in [0.1, 0.15) is 19.3 Å². The minimum absolute atomic E-state index is 0.0784. The Balaban J connectivity index is 1.38. The van der Waals surface area contributed by atoms with Gasteiger partial charge in [0.15, 0.2) is 10.2 Å². The van der Waals surface area contributed by atoms with Gasteiger partial charge in [0, 0.05) is 18.7 Å². The molecule has 0 aliphatic carbocycles. The summed E-state index contributed by atoms with van der Waals surface area (Å²) < 4.78 is 28.3. The van der Waals surface area contributed by atoms with E-state index in [0.717, 1.165) is 4.70 Å². The number of anilines is 2. The van der Waals surface area contributed by atoms with Gasteiger partial charge < -0.3 is 15.3 Å². The van der Waals surface area contributed by atoms with Crippen LogP contribution in [0.4, 0.5) is 10.8 Å². The number of amides is 1. The van der Waals surface area contributed by atoms with Crippen LogP contribution in [-0.4, -0.2) is 59.9 Å². The number of likely N-dealkylation sites (tertiary alicyclic amines) is 1. The second kappa shape index (κ2) is 9.81. The molecule has 3 N–H and O–H groups in total. The highest BCUT2D eigenvalue weighted by Gasteiger charge is 2.26. The average Bonchev–Trinajstić information content (AvgIpc) is 3.19. The van der Waals surface area contributed by atoms with Crippen LogP contribution in [0.2, 0.25) is 0 Å². The highest BCUT2D eigenvalue weighted by atomic mass is 32.2. The normalized spacial score (nSPS) is 15.4. The number of carbonyl (C=O) groups excluding carboxylic acids is 1. The summed E-state index contributed by atoms with van der Waals surface area (Å²) in [5.74, 6) is -1.08. The summed E-state index contributed by atoms with van der Waals surface area (Å²) in [7, 11) is -3.81. The average molecular weight is 490 g/mol. The van der Waals surface area contributed by atoms with Gasteiger partial charge in [0.05, 0.1) is 22.3 Å². The third-order valence-corrected chi connectivity index (χ3v) is 7.63. The Morgan fingerprint density at radius 1 is 1.18 bits per heavy atom. The summed E-state index contributed by atoms with van der Waals surface area (Å²) in [5.41, 5.74) is 0.921. The third-order valence-electron chi connectivity index (χ3n) is 5.38. The van der Waals surface area contributed by atoms with Crippen molar-refractivity contribution in [2.24, 2.45) is 5.92 Å². The van der Waals surface area contributed by atoms with Crippen LogP contribution in [0.3, 0.4) is 0 Å². The molecule has 2 aromatic heterocycles. The van der Waals surface area contributed by atoms with Gasteiger partial charge in [0.2, 0.25) is 5.91 Å². The lowest BCUT2D eigenvalue weighted by atomic mass is 9.96. The number of aromatic nitrogens is 2. The van der Waals surface area contributed by atoms with Gasteiger partial charge in [-0.05, 0) is 56.3 Å². The van der Waals surface area contributed by atoms with Gasteiger partial charge in [-0.1, -0.05) is 17.4 Å². The molecule has 0 radical (unpaired) electrons. The fourth-order valence-electron chi connectivity index (χ4n) is 3.64. The van der Waals surface area contributed by atoms with Crippen molar-refractivity contribution < 1.29 is 23.1 Å². The first-order chi connectivity index (χ1) is 15.8. The van der Waals surface area contributed by atoms with E-state index < -0.39 is 16.0 Å². The Morgan fingerprint density at radius 3 is 2.67 bits per heavy atom. The lowest BCUT2D eigenvalue weighted by Crippen LogP contribution is -2.39. The Hall–Kier alpha value is -3.09. The standard InChI is InChI=1S/C21H23N5O5S2/c27-19(28)8-12-26-10-6-14(7-11-26)20(29)24-21-23-16-13-15(4-5-17(16)32-21)25-33(30,31)18-3-1-2-9-22-18/h1-5,9,13-14,25H,6-8,10-12H2,(H,27,28)(H,23,24,29). The number of thiazole rings is 1. The van der Waals surface area contributed by atoms with Crippen LogP contribution in [0.5, 0.6) is 0 Å². The summed E-state index contributed by atoms with van der Waals surface area (Å²) >= 11 is 1.32. The predicted molar refractivity (Wildman–Crippen MR) is 125 cm³/mol. The van der Waals surface area contributed by atoms with E-state index in [2.05, 4.69) is 24.9 Å². The van der Waals surface area contributed by atoms with E-state index in [-0.39, 0.29) is 23.3 Å². The number of nitrogens with one attached hydrogen (secondary N) is 2. The number of benzene rings is 1. The lowest BCUT2D eigenvalue weighted by Gasteiger charge is -2.30. The van der Waals surface area contributed by atoms with E-state index in [1.807, 2.05) is 0 Å². The summed E-state index contributed by atoms with van der Waals surface area (Å²) in [6.45, 7) is 1.87. The Morgan fingerprint density at radius 2 is 1.97 bits per heavy atom. The maximum Gasteiger partial charge on any atom is 0.304 e.